The summed E-state index contributed by atoms with van der Waals surface area (Å²) >= 11 is 0. The van der Waals surface area contributed by atoms with E-state index in [1.165, 1.54) is 16.8 Å². The Bertz CT molecular complexity index is 387. The summed E-state index contributed by atoms with van der Waals surface area (Å²) in [5, 5.41) is 10.4. The van der Waals surface area contributed by atoms with Crippen molar-refractivity contribution < 1.29 is 22.8 Å². The van der Waals surface area contributed by atoms with E-state index in [1.54, 1.807) is 0 Å². The van der Waals surface area contributed by atoms with Crippen LogP contribution in [0.3, 0.4) is 0 Å². The maximum Gasteiger partial charge on any atom is 0.328 e. The highest BCUT2D eigenvalue weighted by molar-refractivity contribution is 4.82. The van der Waals surface area contributed by atoms with Crippen LogP contribution >= 0.6 is 0 Å². The smallest absolute Gasteiger partial charge is 0.328 e. The summed E-state index contributed by atoms with van der Waals surface area (Å²) in [4.78, 5) is 24.0. The standard InChI is InChI=1S/C8H13N3O3.ClH/c12-6-3-9-2-5-11-4-1-7(13)10-8(11)14;/h1,4,9,12H,2-3,5-6H2,(H,10,13,14);1H. The zero-order valence-electron chi connectivity index (χ0n) is 8.15. The number of halogens is 1. The molecule has 1 aromatic heterocycles. The summed E-state index contributed by atoms with van der Waals surface area (Å²) < 4.78 is 1.43. The van der Waals surface area contributed by atoms with E-state index in [1.807, 2.05) is 5.32 Å². The molecule has 0 aliphatic rings. The Kier molecular flexibility index (Phi) is 6.68. The van der Waals surface area contributed by atoms with E-state index in [2.05, 4.69) is 4.98 Å². The largest absolute Gasteiger partial charge is 1.00 e. The van der Waals surface area contributed by atoms with Crippen LogP contribution in [-0.2, 0) is 6.54 Å². The van der Waals surface area contributed by atoms with Gasteiger partial charge in [0.2, 0.25) is 0 Å². The molecule has 4 N–H and O–H groups in total. The summed E-state index contributed by atoms with van der Waals surface area (Å²) in [6.45, 7) is 1.97. The van der Waals surface area contributed by atoms with E-state index in [0.29, 0.717) is 19.6 Å². The van der Waals surface area contributed by atoms with Crippen LogP contribution in [-0.4, -0.2) is 34.4 Å². The molecule has 0 unspecified atom stereocenters. The molecule has 6 nitrogen and oxygen atoms in total. The molecule has 15 heavy (non-hydrogen) atoms. The molecular formula is C8H14ClN3O3. The number of hydrogen-bond donors (Lipinski definition) is 3. The molecule has 1 rings (SSSR count). The second kappa shape index (κ2) is 7.22. The minimum Gasteiger partial charge on any atom is -1.00 e. The number of nitrogens with zero attached hydrogens (tertiary/aromatic N) is 1. The number of rotatable bonds is 5. The fourth-order valence-corrected chi connectivity index (χ4v) is 1.09. The van der Waals surface area contributed by atoms with Gasteiger partial charge in [0, 0.05) is 12.3 Å². The van der Waals surface area contributed by atoms with Crippen LogP contribution in [0.4, 0.5) is 0 Å². The minimum atomic E-state index is -0.394. The Morgan fingerprint density at radius 1 is 1.40 bits per heavy atom. The number of aromatic nitrogens is 2. The third-order valence-corrected chi connectivity index (χ3v) is 1.80. The lowest BCUT2D eigenvalue weighted by atomic mass is 10.5. The van der Waals surface area contributed by atoms with E-state index in [0.717, 1.165) is 0 Å². The Morgan fingerprint density at radius 3 is 2.73 bits per heavy atom. The summed E-state index contributed by atoms with van der Waals surface area (Å²) in [6, 6.07) is 1.31. The molecule has 0 saturated carbocycles. The van der Waals surface area contributed by atoms with Crippen molar-refractivity contribution in [2.75, 3.05) is 19.7 Å². The highest BCUT2D eigenvalue weighted by atomic mass is 35.5. The maximum absolute atomic E-state index is 11.1. The molecule has 0 fully saturated rings. The average molecular weight is 236 g/mol. The predicted molar refractivity (Wildman–Crippen MR) is 50.1 cm³/mol. The number of quaternary nitrogens is 1. The van der Waals surface area contributed by atoms with Gasteiger partial charge in [0.1, 0.15) is 0 Å². The van der Waals surface area contributed by atoms with E-state index in [4.69, 9.17) is 5.11 Å². The van der Waals surface area contributed by atoms with Crippen molar-refractivity contribution in [2.24, 2.45) is 0 Å². The molecule has 1 heterocycles. The molecule has 0 amide bonds. The molecule has 0 aliphatic carbocycles. The fraction of sp³-hybridized carbons (Fsp3) is 0.500. The third-order valence-electron chi connectivity index (χ3n) is 1.80. The van der Waals surface area contributed by atoms with Crippen LogP contribution in [0.1, 0.15) is 0 Å². The van der Waals surface area contributed by atoms with Gasteiger partial charge in [-0.05, 0) is 0 Å². The first-order valence-electron chi connectivity index (χ1n) is 4.46. The van der Waals surface area contributed by atoms with Crippen LogP contribution in [0.2, 0.25) is 0 Å². The molecule has 0 aliphatic heterocycles. The molecule has 0 aromatic carbocycles. The Labute approximate surface area is 92.4 Å². The van der Waals surface area contributed by atoms with Gasteiger partial charge in [-0.25, -0.2) is 4.79 Å². The Hall–Kier alpha value is -1.11. The second-order valence-electron chi connectivity index (χ2n) is 2.89. The lowest BCUT2D eigenvalue weighted by molar-refractivity contribution is -0.656. The Balaban J connectivity index is 0.00000196. The molecule has 7 heteroatoms. The number of hydrogen-bond acceptors (Lipinski definition) is 3. The molecule has 86 valence electrons. The van der Waals surface area contributed by atoms with Gasteiger partial charge in [0.05, 0.1) is 26.2 Å². The van der Waals surface area contributed by atoms with Crippen LogP contribution in [0.15, 0.2) is 21.9 Å². The Morgan fingerprint density at radius 2 is 2.13 bits per heavy atom. The number of nitrogens with two attached hydrogens (primary N) is 1. The van der Waals surface area contributed by atoms with Gasteiger partial charge in [-0.15, -0.1) is 0 Å². The lowest BCUT2D eigenvalue weighted by Gasteiger charge is -2.02. The van der Waals surface area contributed by atoms with Gasteiger partial charge in [-0.3, -0.25) is 14.3 Å². The summed E-state index contributed by atoms with van der Waals surface area (Å²) in [7, 11) is 0. The predicted octanol–water partition coefficient (Wildman–Crippen LogP) is -5.90. The number of nitrogens with one attached hydrogen (secondary N) is 1. The zero-order chi connectivity index (χ0) is 10.4. The van der Waals surface area contributed by atoms with Crippen molar-refractivity contribution >= 4 is 0 Å². The number of H-pyrrole nitrogens is 1. The first-order valence-corrected chi connectivity index (χ1v) is 4.46. The molecule has 0 saturated heterocycles. The van der Waals surface area contributed by atoms with Crippen molar-refractivity contribution in [3.63, 3.8) is 0 Å². The first kappa shape index (κ1) is 13.9. The van der Waals surface area contributed by atoms with Gasteiger partial charge in [0.15, 0.2) is 0 Å². The van der Waals surface area contributed by atoms with E-state index in [9.17, 15) is 9.59 Å². The topological polar surface area (TPSA) is 91.7 Å². The normalized spacial score (nSPS) is 9.67. The highest BCUT2D eigenvalue weighted by Crippen LogP contribution is 1.71. The first-order chi connectivity index (χ1) is 6.74. The van der Waals surface area contributed by atoms with Gasteiger partial charge in [0.25, 0.3) is 5.56 Å². The van der Waals surface area contributed by atoms with Crippen LogP contribution in [0.25, 0.3) is 0 Å². The van der Waals surface area contributed by atoms with Crippen LogP contribution in [0.5, 0.6) is 0 Å². The van der Waals surface area contributed by atoms with E-state index in [-0.39, 0.29) is 24.6 Å². The van der Waals surface area contributed by atoms with Crippen LogP contribution < -0.4 is 29.0 Å². The highest BCUT2D eigenvalue weighted by Gasteiger charge is 1.96. The van der Waals surface area contributed by atoms with Crippen molar-refractivity contribution in [2.45, 2.75) is 6.54 Å². The van der Waals surface area contributed by atoms with E-state index >= 15 is 0 Å². The molecule has 0 bridgehead atoms. The SMILES string of the molecule is O=c1ccn(CC[NH2+]CCO)c(=O)[nH]1.[Cl-]. The minimum absolute atomic E-state index is 0. The summed E-state index contributed by atoms with van der Waals surface area (Å²) in [5.41, 5.74) is -0.777. The molecule has 0 radical (unpaired) electrons. The van der Waals surface area contributed by atoms with Gasteiger partial charge in [-0.2, -0.15) is 0 Å². The number of aliphatic hydroxyl groups is 1. The zero-order valence-corrected chi connectivity index (χ0v) is 8.91. The molecule has 0 spiro atoms. The lowest BCUT2D eigenvalue weighted by Crippen LogP contribution is -3.00. The van der Waals surface area contributed by atoms with E-state index < -0.39 is 5.69 Å². The van der Waals surface area contributed by atoms with Crippen molar-refractivity contribution in [1.82, 2.24) is 9.55 Å². The molecule has 0 atom stereocenters. The number of aliphatic hydroxyl groups excluding tert-OH is 1. The quantitative estimate of drug-likeness (QED) is 0.444. The fourth-order valence-electron chi connectivity index (χ4n) is 1.09. The molecule has 1 aromatic rings. The second-order valence-corrected chi connectivity index (χ2v) is 2.89. The van der Waals surface area contributed by atoms with Crippen molar-refractivity contribution in [3.05, 3.63) is 33.1 Å². The van der Waals surface area contributed by atoms with Crippen molar-refractivity contribution in [3.8, 4) is 0 Å². The maximum atomic E-state index is 11.1. The number of aromatic amines is 1. The van der Waals surface area contributed by atoms with Gasteiger partial charge in [-0.1, -0.05) is 0 Å². The van der Waals surface area contributed by atoms with Gasteiger partial charge >= 0.3 is 5.69 Å². The average Bonchev–Trinajstić information content (AvgIpc) is 2.15. The third kappa shape index (κ3) is 4.78. The monoisotopic (exact) mass is 235 g/mol. The van der Waals surface area contributed by atoms with Crippen LogP contribution in [0, 0.1) is 0 Å². The summed E-state index contributed by atoms with van der Waals surface area (Å²) in [5.74, 6) is 0. The van der Waals surface area contributed by atoms with Gasteiger partial charge < -0.3 is 22.8 Å². The summed E-state index contributed by atoms with van der Waals surface area (Å²) in [6.07, 6.45) is 1.47. The molecular weight excluding hydrogens is 222 g/mol. The van der Waals surface area contributed by atoms with Crippen molar-refractivity contribution in [1.29, 1.82) is 0 Å².